The number of hydrogen-bond acceptors (Lipinski definition) is 2. The molecule has 1 heterocycles. The monoisotopic (exact) mass is 171 g/mol. The van der Waals surface area contributed by atoms with Crippen LogP contribution in [0.2, 0.25) is 0 Å². The molecule has 0 aromatic carbocycles. The molecule has 10 heavy (non-hydrogen) atoms. The van der Waals surface area contributed by atoms with Gasteiger partial charge in [-0.05, 0) is 0 Å². The number of nitrogens with zero attached hydrogens (tertiary/aromatic N) is 1. The number of piperazine rings is 1. The van der Waals surface area contributed by atoms with Crippen molar-refractivity contribution < 1.29 is 7.65 Å². The maximum absolute atomic E-state index is 10.5. The minimum absolute atomic E-state index is 0. The van der Waals surface area contributed by atoms with E-state index in [2.05, 4.69) is 5.32 Å². The number of primary amides is 1. The fraction of sp³-hybridized carbons (Fsp3) is 0.800. The van der Waals surface area contributed by atoms with Crippen molar-refractivity contribution >= 4 is 43.8 Å². The van der Waals surface area contributed by atoms with Crippen molar-refractivity contribution in [3.63, 3.8) is 0 Å². The molecule has 1 rings (SSSR count). The predicted octanol–water partition coefficient (Wildman–Crippen LogP) is -1.19. The zero-order chi connectivity index (χ0) is 6.69. The molecular formula is C5H13CaN3O. The molecule has 0 spiro atoms. The van der Waals surface area contributed by atoms with Crippen molar-refractivity contribution in [2.75, 3.05) is 26.2 Å². The van der Waals surface area contributed by atoms with Crippen molar-refractivity contribution in [3.8, 4) is 0 Å². The topological polar surface area (TPSA) is 58.4 Å². The molecule has 0 bridgehead atoms. The van der Waals surface area contributed by atoms with Gasteiger partial charge in [0, 0.05) is 26.2 Å². The van der Waals surface area contributed by atoms with Crippen LogP contribution in [0.4, 0.5) is 4.79 Å². The van der Waals surface area contributed by atoms with Gasteiger partial charge in [0.2, 0.25) is 0 Å². The minimum atomic E-state index is -0.309. The summed E-state index contributed by atoms with van der Waals surface area (Å²) < 4.78 is 0. The number of urea groups is 1. The fourth-order valence-electron chi connectivity index (χ4n) is 0.885. The number of carbonyl (C=O) groups is 1. The Morgan fingerprint density at radius 3 is 2.30 bits per heavy atom. The molecule has 0 atom stereocenters. The molecule has 4 nitrogen and oxygen atoms in total. The molecule has 5 heteroatoms. The van der Waals surface area contributed by atoms with Crippen molar-refractivity contribution in [2.24, 2.45) is 5.73 Å². The number of nitrogens with two attached hydrogens (primary N) is 1. The third-order valence-corrected chi connectivity index (χ3v) is 1.43. The Balaban J connectivity index is -0.000000270. The van der Waals surface area contributed by atoms with Gasteiger partial charge in [0.15, 0.2) is 0 Å². The number of hydrogen-bond donors (Lipinski definition) is 2. The Hall–Kier alpha value is 0.490. The van der Waals surface area contributed by atoms with E-state index in [0.29, 0.717) is 0 Å². The molecule has 0 unspecified atom stereocenters. The molecule has 1 aliphatic heterocycles. The van der Waals surface area contributed by atoms with Crippen LogP contribution in [0.15, 0.2) is 0 Å². The van der Waals surface area contributed by atoms with E-state index in [1.165, 1.54) is 0 Å². The third kappa shape index (κ3) is 3.05. The van der Waals surface area contributed by atoms with Crippen LogP contribution >= 0.6 is 0 Å². The van der Waals surface area contributed by atoms with Crippen molar-refractivity contribution in [2.45, 2.75) is 0 Å². The quantitative estimate of drug-likeness (QED) is 0.450. The van der Waals surface area contributed by atoms with Gasteiger partial charge >= 0.3 is 43.8 Å². The Bertz CT molecular complexity index is 121. The first-order valence-corrected chi connectivity index (χ1v) is 3.06. The van der Waals surface area contributed by atoms with Gasteiger partial charge in [0.1, 0.15) is 0 Å². The first-order chi connectivity index (χ1) is 4.30. The summed E-state index contributed by atoms with van der Waals surface area (Å²) in [6.45, 7) is 3.22. The summed E-state index contributed by atoms with van der Waals surface area (Å²) in [5.41, 5.74) is 5.03. The van der Waals surface area contributed by atoms with Crippen LogP contribution in [0, 0.1) is 0 Å². The van der Waals surface area contributed by atoms with Crippen LogP contribution in [0.1, 0.15) is 2.85 Å². The molecule has 1 fully saturated rings. The van der Waals surface area contributed by atoms with Gasteiger partial charge in [0.05, 0.1) is 0 Å². The van der Waals surface area contributed by atoms with E-state index in [0.717, 1.165) is 26.2 Å². The smallest absolute Gasteiger partial charge is 1.00 e. The summed E-state index contributed by atoms with van der Waals surface area (Å²) >= 11 is 0. The van der Waals surface area contributed by atoms with E-state index >= 15 is 0 Å². The Labute approximate surface area is 93.1 Å². The third-order valence-electron chi connectivity index (χ3n) is 1.43. The van der Waals surface area contributed by atoms with E-state index in [1.54, 1.807) is 4.90 Å². The van der Waals surface area contributed by atoms with E-state index < -0.39 is 0 Å². The second-order valence-electron chi connectivity index (χ2n) is 2.08. The van der Waals surface area contributed by atoms with Crippen LogP contribution in [0.3, 0.4) is 0 Å². The zero-order valence-corrected chi connectivity index (χ0v) is 8.18. The largest absolute Gasteiger partial charge is 2.00 e. The van der Waals surface area contributed by atoms with Crippen molar-refractivity contribution in [1.82, 2.24) is 10.2 Å². The van der Waals surface area contributed by atoms with Crippen LogP contribution < -0.4 is 11.1 Å². The number of carbonyl (C=O) groups excluding carboxylic acids is 1. The van der Waals surface area contributed by atoms with Gasteiger partial charge in [-0.25, -0.2) is 4.79 Å². The first-order valence-electron chi connectivity index (χ1n) is 3.06. The van der Waals surface area contributed by atoms with Crippen molar-refractivity contribution in [3.05, 3.63) is 0 Å². The summed E-state index contributed by atoms with van der Waals surface area (Å²) in [6, 6.07) is -0.309. The average Bonchev–Trinajstić information content (AvgIpc) is 1.90. The maximum Gasteiger partial charge on any atom is 2.00 e. The second kappa shape index (κ2) is 5.18. The molecule has 2 amide bonds. The molecule has 1 saturated heterocycles. The van der Waals surface area contributed by atoms with E-state index in [9.17, 15) is 4.79 Å². The summed E-state index contributed by atoms with van der Waals surface area (Å²) in [4.78, 5) is 12.1. The van der Waals surface area contributed by atoms with Gasteiger partial charge in [-0.15, -0.1) is 0 Å². The van der Waals surface area contributed by atoms with E-state index in [4.69, 9.17) is 5.73 Å². The van der Waals surface area contributed by atoms with Gasteiger partial charge in [-0.1, -0.05) is 0 Å². The number of rotatable bonds is 0. The van der Waals surface area contributed by atoms with Gasteiger partial charge in [-0.3, -0.25) is 0 Å². The molecule has 0 aliphatic carbocycles. The SMILES string of the molecule is NC(=O)N1CCNCC1.[Ca+2].[H-].[H-]. The maximum atomic E-state index is 10.5. The Morgan fingerprint density at radius 1 is 1.50 bits per heavy atom. The molecule has 56 valence electrons. The summed E-state index contributed by atoms with van der Waals surface area (Å²) in [5, 5.41) is 3.12. The Morgan fingerprint density at radius 2 is 2.00 bits per heavy atom. The van der Waals surface area contributed by atoms with Crippen LogP contribution in [0.25, 0.3) is 0 Å². The molecule has 3 N–H and O–H groups in total. The molecule has 0 aromatic heterocycles. The second-order valence-corrected chi connectivity index (χ2v) is 2.08. The zero-order valence-electron chi connectivity index (χ0n) is 7.97. The fourth-order valence-corrected chi connectivity index (χ4v) is 0.885. The van der Waals surface area contributed by atoms with Crippen LogP contribution in [0.5, 0.6) is 0 Å². The summed E-state index contributed by atoms with van der Waals surface area (Å²) in [6.07, 6.45) is 0. The molecule has 1 aliphatic rings. The van der Waals surface area contributed by atoms with Crippen molar-refractivity contribution in [1.29, 1.82) is 0 Å². The van der Waals surface area contributed by atoms with E-state index in [-0.39, 0.29) is 46.6 Å². The molecule has 0 radical (unpaired) electrons. The van der Waals surface area contributed by atoms with E-state index in [1.807, 2.05) is 0 Å². The molecular weight excluding hydrogens is 158 g/mol. The molecule has 0 saturated carbocycles. The average molecular weight is 171 g/mol. The number of amides is 2. The summed E-state index contributed by atoms with van der Waals surface area (Å²) in [7, 11) is 0. The number of nitrogens with one attached hydrogen (secondary N) is 1. The van der Waals surface area contributed by atoms with Gasteiger partial charge < -0.3 is 18.8 Å². The predicted molar refractivity (Wildman–Crippen MR) is 42.0 cm³/mol. The normalized spacial score (nSPS) is 17.8. The first kappa shape index (κ1) is 10.5. The van der Waals surface area contributed by atoms with Gasteiger partial charge in [-0.2, -0.15) is 0 Å². The Kier molecular flexibility index (Phi) is 5.43. The summed E-state index contributed by atoms with van der Waals surface area (Å²) in [5.74, 6) is 0. The van der Waals surface area contributed by atoms with Crippen LogP contribution in [-0.4, -0.2) is 74.8 Å². The van der Waals surface area contributed by atoms with Crippen LogP contribution in [-0.2, 0) is 0 Å². The van der Waals surface area contributed by atoms with Gasteiger partial charge in [0.25, 0.3) is 0 Å². The molecule has 0 aromatic rings. The minimum Gasteiger partial charge on any atom is -1.00 e. The standard InChI is InChI=1S/C5H11N3O.Ca.2H/c6-5(9)8-3-1-7-2-4-8;;;/h7H,1-4H2,(H2,6,9);;;/q;+2;2*-1.